The zero-order chi connectivity index (χ0) is 15.8. The summed E-state index contributed by atoms with van der Waals surface area (Å²) in [5.41, 5.74) is 0. The van der Waals surface area contributed by atoms with Crippen molar-refractivity contribution in [3.05, 3.63) is 0 Å². The van der Waals surface area contributed by atoms with E-state index in [0.29, 0.717) is 0 Å². The van der Waals surface area contributed by atoms with E-state index in [0.717, 1.165) is 32.1 Å². The average molecular weight is 301 g/mol. The van der Waals surface area contributed by atoms with Gasteiger partial charge >= 0.3 is 0 Å². The van der Waals surface area contributed by atoms with Crippen molar-refractivity contribution in [1.82, 2.24) is 0 Å². The third-order valence-corrected chi connectivity index (χ3v) is 4.36. The molecule has 2 nitrogen and oxygen atoms in total. The molecule has 0 aromatic heterocycles. The molecular formula is C19H40O2. The monoisotopic (exact) mass is 300 g/mol. The summed E-state index contributed by atoms with van der Waals surface area (Å²) >= 11 is 0. The summed E-state index contributed by atoms with van der Waals surface area (Å²) in [6, 6.07) is 0. The number of unbranched alkanes of at least 4 members (excludes halogenated alkanes) is 8. The molecule has 0 bridgehead atoms. The third kappa shape index (κ3) is 16.1. The Morgan fingerprint density at radius 1 is 0.476 bits per heavy atom. The Bertz CT molecular complexity index is 194. The Labute approximate surface area is 133 Å². The first kappa shape index (κ1) is 20.9. The molecule has 0 rings (SSSR count). The molecule has 2 unspecified atom stereocenters. The molecule has 2 N–H and O–H groups in total. The Kier molecular flexibility index (Phi) is 16.2. The maximum atomic E-state index is 9.82. The topological polar surface area (TPSA) is 40.5 Å². The Hall–Kier alpha value is -0.0800. The number of hydrogen-bond donors (Lipinski definition) is 2. The molecule has 0 amide bonds. The maximum absolute atomic E-state index is 9.82. The second-order valence-electron chi connectivity index (χ2n) is 6.64. The van der Waals surface area contributed by atoms with E-state index in [1.54, 1.807) is 0 Å². The van der Waals surface area contributed by atoms with Crippen molar-refractivity contribution in [1.29, 1.82) is 0 Å². The predicted octanol–water partition coefficient (Wildman–Crippen LogP) is 5.60. The van der Waals surface area contributed by atoms with Gasteiger partial charge in [0.05, 0.1) is 12.2 Å². The van der Waals surface area contributed by atoms with Crippen molar-refractivity contribution >= 4 is 0 Å². The first-order chi connectivity index (χ1) is 10.2. The first-order valence-electron chi connectivity index (χ1n) is 9.56. The van der Waals surface area contributed by atoms with Gasteiger partial charge in [-0.05, 0) is 25.7 Å². The first-order valence-corrected chi connectivity index (χ1v) is 9.56. The van der Waals surface area contributed by atoms with Gasteiger partial charge < -0.3 is 10.2 Å². The Balaban J connectivity index is 3.18. The van der Waals surface area contributed by atoms with Gasteiger partial charge in [-0.25, -0.2) is 0 Å². The standard InChI is InChI=1S/C19H40O2/c1-3-5-11-15-19(21)17-13-10-8-7-9-12-16-18(20)14-6-4-2/h18-21H,3-17H2,1-2H3. The normalized spacial score (nSPS) is 14.3. The quantitative estimate of drug-likeness (QED) is 0.364. The van der Waals surface area contributed by atoms with E-state index in [1.165, 1.54) is 64.2 Å². The molecule has 21 heavy (non-hydrogen) atoms. The van der Waals surface area contributed by atoms with Gasteiger partial charge in [0.25, 0.3) is 0 Å². The molecule has 0 aliphatic heterocycles. The van der Waals surface area contributed by atoms with E-state index in [1.807, 2.05) is 0 Å². The van der Waals surface area contributed by atoms with Crippen molar-refractivity contribution in [2.45, 2.75) is 122 Å². The van der Waals surface area contributed by atoms with E-state index in [9.17, 15) is 10.2 Å². The minimum Gasteiger partial charge on any atom is -0.393 e. The van der Waals surface area contributed by atoms with Gasteiger partial charge in [-0.2, -0.15) is 0 Å². The van der Waals surface area contributed by atoms with Gasteiger partial charge in [-0.1, -0.05) is 84.5 Å². The van der Waals surface area contributed by atoms with Crippen LogP contribution in [0.25, 0.3) is 0 Å². The van der Waals surface area contributed by atoms with Crippen LogP contribution in [0.2, 0.25) is 0 Å². The molecule has 2 heteroatoms. The molecule has 0 aromatic carbocycles. The lowest BCUT2D eigenvalue weighted by molar-refractivity contribution is 0.145. The lowest BCUT2D eigenvalue weighted by atomic mass is 10.0. The fraction of sp³-hybridized carbons (Fsp3) is 1.00. The van der Waals surface area contributed by atoms with Gasteiger partial charge in [0.15, 0.2) is 0 Å². The minimum absolute atomic E-state index is 0.0646. The zero-order valence-electron chi connectivity index (χ0n) is 14.7. The van der Waals surface area contributed by atoms with Crippen molar-refractivity contribution in [2.75, 3.05) is 0 Å². The summed E-state index contributed by atoms with van der Waals surface area (Å²) in [4.78, 5) is 0. The second kappa shape index (κ2) is 16.3. The van der Waals surface area contributed by atoms with Gasteiger partial charge in [0.1, 0.15) is 0 Å². The van der Waals surface area contributed by atoms with Crippen LogP contribution in [0.15, 0.2) is 0 Å². The smallest absolute Gasteiger partial charge is 0.0540 e. The van der Waals surface area contributed by atoms with Crippen molar-refractivity contribution in [3.8, 4) is 0 Å². The van der Waals surface area contributed by atoms with Crippen LogP contribution in [0.4, 0.5) is 0 Å². The highest BCUT2D eigenvalue weighted by molar-refractivity contribution is 4.58. The molecule has 0 aliphatic rings. The largest absolute Gasteiger partial charge is 0.393 e. The van der Waals surface area contributed by atoms with Gasteiger partial charge in [0.2, 0.25) is 0 Å². The highest BCUT2D eigenvalue weighted by atomic mass is 16.3. The third-order valence-electron chi connectivity index (χ3n) is 4.36. The second-order valence-corrected chi connectivity index (χ2v) is 6.64. The number of hydrogen-bond acceptors (Lipinski definition) is 2. The summed E-state index contributed by atoms with van der Waals surface area (Å²) in [7, 11) is 0. The molecule has 0 aliphatic carbocycles. The van der Waals surface area contributed by atoms with E-state index in [4.69, 9.17) is 0 Å². The number of aliphatic hydroxyl groups is 2. The van der Waals surface area contributed by atoms with Crippen molar-refractivity contribution in [2.24, 2.45) is 0 Å². The summed E-state index contributed by atoms with van der Waals surface area (Å²) in [5, 5.41) is 19.6. The molecular weight excluding hydrogens is 260 g/mol. The Morgan fingerprint density at radius 3 is 1.24 bits per heavy atom. The summed E-state index contributed by atoms with van der Waals surface area (Å²) in [6.45, 7) is 4.38. The van der Waals surface area contributed by atoms with Crippen LogP contribution in [0.1, 0.15) is 110 Å². The molecule has 0 fully saturated rings. The molecule has 128 valence electrons. The van der Waals surface area contributed by atoms with Gasteiger partial charge in [-0.15, -0.1) is 0 Å². The zero-order valence-corrected chi connectivity index (χ0v) is 14.7. The molecule has 0 aromatic rings. The van der Waals surface area contributed by atoms with Crippen molar-refractivity contribution < 1.29 is 10.2 Å². The average Bonchev–Trinajstić information content (AvgIpc) is 2.48. The highest BCUT2D eigenvalue weighted by Gasteiger charge is 2.04. The van der Waals surface area contributed by atoms with E-state index >= 15 is 0 Å². The van der Waals surface area contributed by atoms with Crippen LogP contribution in [0.3, 0.4) is 0 Å². The summed E-state index contributed by atoms with van der Waals surface area (Å²) < 4.78 is 0. The van der Waals surface area contributed by atoms with Crippen LogP contribution in [0, 0.1) is 0 Å². The van der Waals surface area contributed by atoms with Gasteiger partial charge in [0, 0.05) is 0 Å². The SMILES string of the molecule is CCCCCC(O)CCCCCCCCC(O)CCCC. The van der Waals surface area contributed by atoms with Crippen LogP contribution in [-0.4, -0.2) is 22.4 Å². The molecule has 0 heterocycles. The molecule has 0 saturated carbocycles. The maximum Gasteiger partial charge on any atom is 0.0540 e. The van der Waals surface area contributed by atoms with Crippen molar-refractivity contribution in [3.63, 3.8) is 0 Å². The molecule has 0 saturated heterocycles. The van der Waals surface area contributed by atoms with Crippen LogP contribution in [-0.2, 0) is 0 Å². The lowest BCUT2D eigenvalue weighted by Crippen LogP contribution is -2.06. The highest BCUT2D eigenvalue weighted by Crippen LogP contribution is 2.14. The predicted molar refractivity (Wildman–Crippen MR) is 92.6 cm³/mol. The van der Waals surface area contributed by atoms with E-state index < -0.39 is 0 Å². The fourth-order valence-electron chi connectivity index (χ4n) is 2.83. The van der Waals surface area contributed by atoms with Gasteiger partial charge in [-0.3, -0.25) is 0 Å². The van der Waals surface area contributed by atoms with Crippen LogP contribution < -0.4 is 0 Å². The minimum atomic E-state index is -0.0665. The fourth-order valence-corrected chi connectivity index (χ4v) is 2.83. The molecule has 0 radical (unpaired) electrons. The number of rotatable bonds is 16. The summed E-state index contributed by atoms with van der Waals surface area (Å²) in [6.07, 6.45) is 17.2. The summed E-state index contributed by atoms with van der Waals surface area (Å²) in [5.74, 6) is 0. The number of aliphatic hydroxyl groups excluding tert-OH is 2. The Morgan fingerprint density at radius 2 is 0.810 bits per heavy atom. The molecule has 0 spiro atoms. The van der Waals surface area contributed by atoms with E-state index in [2.05, 4.69) is 13.8 Å². The van der Waals surface area contributed by atoms with Crippen LogP contribution in [0.5, 0.6) is 0 Å². The molecule has 2 atom stereocenters. The lowest BCUT2D eigenvalue weighted by Gasteiger charge is -2.10. The van der Waals surface area contributed by atoms with Crippen LogP contribution >= 0.6 is 0 Å². The van der Waals surface area contributed by atoms with E-state index in [-0.39, 0.29) is 12.2 Å².